The van der Waals surface area contributed by atoms with Gasteiger partial charge in [0.15, 0.2) is 16.6 Å². The Kier molecular flexibility index (Phi) is 10.1. The highest BCUT2D eigenvalue weighted by molar-refractivity contribution is 6.96. The van der Waals surface area contributed by atoms with Gasteiger partial charge < -0.3 is 20.6 Å². The molecule has 4 unspecified atom stereocenters. The summed E-state index contributed by atoms with van der Waals surface area (Å²) in [4.78, 5) is 0. The van der Waals surface area contributed by atoms with E-state index in [4.69, 9.17) is 20.6 Å². The van der Waals surface area contributed by atoms with Crippen molar-refractivity contribution in [3.05, 3.63) is 49.1 Å². The second-order valence-corrected chi connectivity index (χ2v) is 31.9. The van der Waals surface area contributed by atoms with Crippen molar-refractivity contribution in [2.75, 3.05) is 0 Å². The highest BCUT2D eigenvalue weighted by Gasteiger charge is 2.49. The van der Waals surface area contributed by atoms with Crippen LogP contribution in [0.4, 0.5) is 0 Å². The lowest BCUT2D eigenvalue weighted by Crippen LogP contribution is -2.61. The van der Waals surface area contributed by atoms with E-state index in [-0.39, 0.29) is 0 Å². The number of rotatable bonds is 14. The average Bonchev–Trinajstić information content (AvgIpc) is 2.50. The second-order valence-electron chi connectivity index (χ2n) is 9.62. The van der Waals surface area contributed by atoms with Crippen molar-refractivity contribution in [2.24, 2.45) is 0 Å². The highest BCUT2D eigenvalue weighted by Crippen LogP contribution is 2.29. The van der Waals surface area contributed by atoms with E-state index in [1.54, 1.807) is 11.4 Å². The maximum absolute atomic E-state index is 6.59. The first-order chi connectivity index (χ1) is 12.8. The molecule has 0 rings (SSSR count). The molecule has 0 fully saturated rings. The van der Waals surface area contributed by atoms with E-state index in [9.17, 15) is 0 Å². The smallest absolute Gasteiger partial charge is 0.344 e. The predicted octanol–water partition coefficient (Wildman–Crippen LogP) is 5.93. The Bertz CT molecular complexity index is 567. The first kappa shape index (κ1) is 29.1. The Morgan fingerprint density at radius 2 is 0.552 bits per heavy atom. The Balaban J connectivity index is 5.78. The van der Waals surface area contributed by atoms with Crippen molar-refractivity contribution in [2.45, 2.75) is 65.5 Å². The van der Waals surface area contributed by atoms with Crippen LogP contribution >= 0.6 is 0 Å². The monoisotopic (exact) mass is 506 g/mol. The lowest BCUT2D eigenvalue weighted by molar-refractivity contribution is 0.294. The minimum absolute atomic E-state index is 1.78. The molecule has 0 aromatic heterocycles. The van der Waals surface area contributed by atoms with Gasteiger partial charge in [-0.3, -0.25) is 0 Å². The van der Waals surface area contributed by atoms with Gasteiger partial charge in [-0.2, -0.15) is 0 Å². The van der Waals surface area contributed by atoms with Gasteiger partial charge in [0.2, 0.25) is 0 Å². The first-order valence-corrected chi connectivity index (χ1v) is 26.2. The summed E-state index contributed by atoms with van der Waals surface area (Å²) in [6.45, 7) is 36.7. The lowest BCUT2D eigenvalue weighted by atomic mass is 11.3. The van der Waals surface area contributed by atoms with Crippen LogP contribution in [0.25, 0.3) is 0 Å². The molecule has 0 aromatic carbocycles. The molecule has 29 heavy (non-hydrogen) atoms. The molecule has 11 heteroatoms. The van der Waals surface area contributed by atoms with Crippen LogP contribution in [-0.2, 0) is 20.6 Å². The van der Waals surface area contributed by atoms with Crippen LogP contribution < -0.4 is 0 Å². The Labute approximate surface area is 185 Å². The fourth-order valence-corrected chi connectivity index (χ4v) is 27.1. The largest absolute Gasteiger partial charge is 0.434 e. The molecule has 5 nitrogen and oxygen atoms in total. The van der Waals surface area contributed by atoms with Crippen LogP contribution in [0.3, 0.4) is 0 Å². The molecule has 0 heterocycles. The minimum Gasteiger partial charge on any atom is -0.434 e. The van der Waals surface area contributed by atoms with E-state index < -0.39 is 50.9 Å². The summed E-state index contributed by atoms with van der Waals surface area (Å²) in [7, 11) is -14.6. The van der Waals surface area contributed by atoms with Crippen molar-refractivity contribution in [3.63, 3.8) is 0 Å². The van der Waals surface area contributed by atoms with E-state index in [1.807, 2.05) is 37.6 Å². The van der Waals surface area contributed by atoms with Gasteiger partial charge in [0, 0.05) is 0 Å². The third-order valence-corrected chi connectivity index (χ3v) is 24.6. The molecule has 4 atom stereocenters. The van der Waals surface area contributed by atoms with E-state index in [1.165, 1.54) is 0 Å². The van der Waals surface area contributed by atoms with Gasteiger partial charge >= 0.3 is 34.2 Å². The van der Waals surface area contributed by atoms with Crippen LogP contribution in [0, 0.1) is 0 Å². The predicted molar refractivity (Wildman–Crippen MR) is 139 cm³/mol. The standard InChI is InChI=1S/C18H42O5Si6/c1-15-26(11,19-24(5,6)7)21-28(13,17-3)23-29(14,18-4)22-27(12,16-2)20-25(8,9)10/h15-18H,1-4H2,5-14H3. The van der Waals surface area contributed by atoms with Gasteiger partial charge in [-0.05, 0) is 65.5 Å². The summed E-state index contributed by atoms with van der Waals surface area (Å²) >= 11 is 0. The van der Waals surface area contributed by atoms with Crippen LogP contribution in [0.1, 0.15) is 0 Å². The topological polar surface area (TPSA) is 46.2 Å². The molecule has 0 saturated carbocycles. The Hall–Kier alpha value is 0.0613. The van der Waals surface area contributed by atoms with Gasteiger partial charge in [0.25, 0.3) is 0 Å². The van der Waals surface area contributed by atoms with Gasteiger partial charge in [-0.25, -0.2) is 0 Å². The summed E-state index contributed by atoms with van der Waals surface area (Å²) in [6, 6.07) is 0. The van der Waals surface area contributed by atoms with E-state index >= 15 is 0 Å². The van der Waals surface area contributed by atoms with E-state index in [0.717, 1.165) is 0 Å². The molecule has 0 aliphatic heterocycles. The van der Waals surface area contributed by atoms with Gasteiger partial charge in [0.05, 0.1) is 0 Å². The summed E-state index contributed by atoms with van der Waals surface area (Å²) in [6.07, 6.45) is 0. The zero-order chi connectivity index (χ0) is 23.4. The molecule has 0 radical (unpaired) electrons. The molecule has 0 aromatic rings. The van der Waals surface area contributed by atoms with Crippen molar-refractivity contribution in [1.82, 2.24) is 0 Å². The fourth-order valence-electron chi connectivity index (χ4n) is 2.84. The molecule has 0 spiro atoms. The summed E-state index contributed by atoms with van der Waals surface area (Å²) in [5.74, 6) is 0. The zero-order valence-electron chi connectivity index (χ0n) is 20.2. The maximum Gasteiger partial charge on any atom is 0.344 e. The molecule has 0 bridgehead atoms. The summed E-state index contributed by atoms with van der Waals surface area (Å²) < 4.78 is 32.4. The summed E-state index contributed by atoms with van der Waals surface area (Å²) in [5.41, 5.74) is 7.18. The van der Waals surface area contributed by atoms with Gasteiger partial charge in [0.1, 0.15) is 0 Å². The molecular formula is C18H42O5Si6. The van der Waals surface area contributed by atoms with Crippen molar-refractivity contribution in [3.8, 4) is 0 Å². The van der Waals surface area contributed by atoms with Crippen molar-refractivity contribution < 1.29 is 20.6 Å². The first-order valence-electron chi connectivity index (χ1n) is 9.83. The maximum atomic E-state index is 6.59. The minimum atomic E-state index is -2.85. The lowest BCUT2D eigenvalue weighted by Gasteiger charge is -2.43. The van der Waals surface area contributed by atoms with Crippen molar-refractivity contribution in [1.29, 1.82) is 0 Å². The van der Waals surface area contributed by atoms with E-state index in [2.05, 4.69) is 65.6 Å². The third-order valence-electron chi connectivity index (χ3n) is 3.72. The fraction of sp³-hybridized carbons (Fsp3) is 0.556. The highest BCUT2D eigenvalue weighted by atomic mass is 28.5. The second kappa shape index (κ2) is 10.1. The summed E-state index contributed by atoms with van der Waals surface area (Å²) in [5, 5.41) is 0. The average molecular weight is 507 g/mol. The molecule has 0 saturated heterocycles. The SMILES string of the molecule is C=C[Si](C)(O[Si](C)(C)C)O[Si](C)(C=C)O[Si](C)(C=C)O[Si](C)(C=C)O[Si](C)(C)C. The quantitative estimate of drug-likeness (QED) is 0.273. The Morgan fingerprint density at radius 1 is 0.379 bits per heavy atom. The molecule has 0 N–H and O–H groups in total. The van der Waals surface area contributed by atoms with Crippen LogP contribution in [-0.4, -0.2) is 50.9 Å². The van der Waals surface area contributed by atoms with Crippen LogP contribution in [0.15, 0.2) is 49.1 Å². The van der Waals surface area contributed by atoms with Crippen molar-refractivity contribution >= 4 is 50.9 Å². The molecular weight excluding hydrogens is 465 g/mol. The molecule has 0 aliphatic carbocycles. The number of hydrogen-bond donors (Lipinski definition) is 0. The Morgan fingerprint density at radius 3 is 0.690 bits per heavy atom. The number of hydrogen-bond acceptors (Lipinski definition) is 5. The molecule has 168 valence electrons. The van der Waals surface area contributed by atoms with Gasteiger partial charge in [-0.15, -0.1) is 26.3 Å². The van der Waals surface area contributed by atoms with Gasteiger partial charge in [-0.1, -0.05) is 22.8 Å². The normalized spacial score (nSPS) is 21.0. The molecule has 0 aliphatic rings. The van der Waals surface area contributed by atoms with E-state index in [0.29, 0.717) is 0 Å². The molecule has 0 amide bonds. The zero-order valence-corrected chi connectivity index (χ0v) is 26.2. The van der Waals surface area contributed by atoms with Crippen LogP contribution in [0.5, 0.6) is 0 Å². The van der Waals surface area contributed by atoms with Crippen LogP contribution in [0.2, 0.25) is 65.5 Å². The third kappa shape index (κ3) is 10.8.